The quantitative estimate of drug-likeness (QED) is 0.332. The molecule has 0 aliphatic heterocycles. The lowest BCUT2D eigenvalue weighted by molar-refractivity contribution is -0.384. The molecule has 1 amide bonds. The van der Waals surface area contributed by atoms with Gasteiger partial charge >= 0.3 is 0 Å². The molecule has 8 heteroatoms. The van der Waals surface area contributed by atoms with Gasteiger partial charge in [-0.15, -0.1) is 0 Å². The number of carbonyl (C=O) groups excluding carboxylic acids is 2. The summed E-state index contributed by atoms with van der Waals surface area (Å²) >= 11 is 2.12. The largest absolute Gasteiger partial charge is 0.483 e. The monoisotopic (exact) mass is 426 g/mol. The van der Waals surface area contributed by atoms with Crippen LogP contribution in [0.3, 0.4) is 0 Å². The van der Waals surface area contributed by atoms with Crippen LogP contribution in [0.2, 0.25) is 0 Å². The molecule has 2 aromatic carbocycles. The lowest BCUT2D eigenvalue weighted by Crippen LogP contribution is -2.20. The van der Waals surface area contributed by atoms with E-state index in [4.69, 9.17) is 4.74 Å². The number of rotatable bonds is 6. The molecule has 0 fully saturated rings. The smallest absolute Gasteiger partial charge is 0.270 e. The van der Waals surface area contributed by atoms with Crippen LogP contribution in [0, 0.1) is 13.7 Å². The highest BCUT2D eigenvalue weighted by atomic mass is 127. The maximum absolute atomic E-state index is 11.8. The van der Waals surface area contributed by atoms with Gasteiger partial charge in [0.2, 0.25) is 0 Å². The van der Waals surface area contributed by atoms with Gasteiger partial charge < -0.3 is 10.1 Å². The van der Waals surface area contributed by atoms with Crippen molar-refractivity contribution >= 4 is 46.2 Å². The molecule has 2 aromatic rings. The Bertz CT molecular complexity index is 763. The third-order valence-electron chi connectivity index (χ3n) is 2.80. The number of ether oxygens (including phenoxy) is 1. The average molecular weight is 426 g/mol. The molecule has 0 heterocycles. The summed E-state index contributed by atoms with van der Waals surface area (Å²) < 4.78 is 6.23. The molecule has 0 saturated carbocycles. The van der Waals surface area contributed by atoms with Gasteiger partial charge in [0.15, 0.2) is 12.9 Å². The van der Waals surface area contributed by atoms with Gasteiger partial charge in [-0.1, -0.05) is 6.07 Å². The van der Waals surface area contributed by atoms with Crippen LogP contribution in [0.15, 0.2) is 42.5 Å². The van der Waals surface area contributed by atoms with E-state index in [9.17, 15) is 19.7 Å². The van der Waals surface area contributed by atoms with E-state index in [0.29, 0.717) is 12.0 Å². The van der Waals surface area contributed by atoms with Crippen molar-refractivity contribution in [2.45, 2.75) is 0 Å². The van der Waals surface area contributed by atoms with Crippen LogP contribution in [0.4, 0.5) is 11.4 Å². The Labute approximate surface area is 144 Å². The van der Waals surface area contributed by atoms with Crippen molar-refractivity contribution in [3.8, 4) is 5.75 Å². The molecular weight excluding hydrogens is 415 g/mol. The number of hydrogen-bond acceptors (Lipinski definition) is 5. The number of halogens is 1. The van der Waals surface area contributed by atoms with E-state index in [1.54, 1.807) is 18.2 Å². The van der Waals surface area contributed by atoms with Crippen LogP contribution in [0.1, 0.15) is 10.4 Å². The number of non-ortho nitro benzene ring substituents is 1. The minimum absolute atomic E-state index is 0.0151. The number of nitrogens with one attached hydrogen (secondary N) is 1. The first-order valence-electron chi connectivity index (χ1n) is 6.41. The van der Waals surface area contributed by atoms with Gasteiger partial charge in [0.25, 0.3) is 11.6 Å². The molecule has 0 aliphatic carbocycles. The van der Waals surface area contributed by atoms with Crippen LogP contribution in [-0.2, 0) is 4.79 Å². The van der Waals surface area contributed by atoms with Gasteiger partial charge in [-0.2, -0.15) is 0 Å². The molecule has 7 nitrogen and oxygen atoms in total. The number of carbonyl (C=O) groups is 2. The van der Waals surface area contributed by atoms with Crippen LogP contribution >= 0.6 is 22.6 Å². The fourth-order valence-electron chi connectivity index (χ4n) is 1.78. The number of nitrogens with zero attached hydrogens (tertiary/aromatic N) is 1. The summed E-state index contributed by atoms with van der Waals surface area (Å²) in [5, 5.41) is 13.3. The minimum atomic E-state index is -0.611. The maximum Gasteiger partial charge on any atom is 0.270 e. The summed E-state index contributed by atoms with van der Waals surface area (Å²) in [5.41, 5.74) is 0.425. The second-order valence-electron chi connectivity index (χ2n) is 4.44. The number of anilines is 1. The summed E-state index contributed by atoms with van der Waals surface area (Å²) in [6.45, 7) is -0.315. The maximum atomic E-state index is 11.8. The first-order chi connectivity index (χ1) is 11.0. The molecule has 0 bridgehead atoms. The zero-order valence-electron chi connectivity index (χ0n) is 11.7. The molecule has 0 aliphatic rings. The Morgan fingerprint density at radius 2 is 2.09 bits per heavy atom. The van der Waals surface area contributed by atoms with Crippen LogP contribution in [-0.4, -0.2) is 23.7 Å². The van der Waals surface area contributed by atoms with E-state index >= 15 is 0 Å². The molecule has 2 rings (SSSR count). The average Bonchev–Trinajstić information content (AvgIpc) is 2.52. The van der Waals surface area contributed by atoms with E-state index in [1.807, 2.05) is 6.07 Å². The third kappa shape index (κ3) is 4.74. The summed E-state index contributed by atoms with van der Waals surface area (Å²) in [4.78, 5) is 32.9. The Balaban J connectivity index is 2.01. The van der Waals surface area contributed by atoms with Gasteiger partial charge in [0.05, 0.1) is 10.5 Å². The number of hydrogen-bond donors (Lipinski definition) is 1. The van der Waals surface area contributed by atoms with E-state index < -0.39 is 10.8 Å². The van der Waals surface area contributed by atoms with Crippen molar-refractivity contribution in [2.75, 3.05) is 11.9 Å². The lowest BCUT2D eigenvalue weighted by atomic mass is 10.2. The summed E-state index contributed by atoms with van der Waals surface area (Å²) in [7, 11) is 0. The van der Waals surface area contributed by atoms with Crippen molar-refractivity contribution < 1.29 is 19.2 Å². The predicted molar refractivity (Wildman–Crippen MR) is 91.8 cm³/mol. The summed E-state index contributed by atoms with van der Waals surface area (Å²) in [5.74, 6) is -0.286. The molecule has 0 aromatic heterocycles. The fourth-order valence-corrected chi connectivity index (χ4v) is 2.32. The van der Waals surface area contributed by atoms with Crippen LogP contribution in [0.5, 0.6) is 5.75 Å². The highest BCUT2D eigenvalue weighted by molar-refractivity contribution is 14.1. The highest BCUT2D eigenvalue weighted by Crippen LogP contribution is 2.22. The molecule has 23 heavy (non-hydrogen) atoms. The topological polar surface area (TPSA) is 98.5 Å². The third-order valence-corrected chi connectivity index (χ3v) is 3.47. The van der Waals surface area contributed by atoms with E-state index in [-0.39, 0.29) is 23.6 Å². The predicted octanol–water partition coefficient (Wildman–Crippen LogP) is 3.03. The van der Waals surface area contributed by atoms with Gasteiger partial charge in [0.1, 0.15) is 5.75 Å². The molecule has 0 saturated heterocycles. The number of aldehydes is 1. The fraction of sp³-hybridized carbons (Fsp3) is 0.0667. The van der Waals surface area contributed by atoms with Crippen molar-refractivity contribution in [2.24, 2.45) is 0 Å². The van der Waals surface area contributed by atoms with Gasteiger partial charge in [-0.25, -0.2) is 0 Å². The van der Waals surface area contributed by atoms with Crippen molar-refractivity contribution in [1.29, 1.82) is 0 Å². The highest BCUT2D eigenvalue weighted by Gasteiger charge is 2.12. The normalized spacial score (nSPS) is 9.96. The number of nitro benzene ring substituents is 1. The Morgan fingerprint density at radius 3 is 2.74 bits per heavy atom. The van der Waals surface area contributed by atoms with Crippen molar-refractivity contribution in [3.05, 3.63) is 61.7 Å². The number of amides is 1. The van der Waals surface area contributed by atoms with Crippen LogP contribution < -0.4 is 10.1 Å². The molecule has 0 radical (unpaired) electrons. The molecule has 0 atom stereocenters. The van der Waals surface area contributed by atoms with Crippen molar-refractivity contribution in [1.82, 2.24) is 0 Å². The van der Waals surface area contributed by atoms with Crippen molar-refractivity contribution in [3.63, 3.8) is 0 Å². The SMILES string of the molecule is O=Cc1cc([N+](=O)[O-])ccc1OCC(=O)Nc1cccc(I)c1. The van der Waals surface area contributed by atoms with Gasteiger partial charge in [-0.05, 0) is 46.9 Å². The molecule has 1 N–H and O–H groups in total. The standard InChI is InChI=1S/C15H11IN2O5/c16-11-2-1-3-12(7-11)17-15(20)9-23-14-5-4-13(18(21)22)6-10(14)8-19/h1-8H,9H2,(H,17,20). The summed E-state index contributed by atoms with van der Waals surface area (Å²) in [6.07, 6.45) is 0.444. The number of nitro groups is 1. The molecular formula is C15H11IN2O5. The zero-order chi connectivity index (χ0) is 16.8. The first kappa shape index (κ1) is 16.9. The Morgan fingerprint density at radius 1 is 1.30 bits per heavy atom. The van der Waals surface area contributed by atoms with E-state index in [0.717, 1.165) is 9.64 Å². The minimum Gasteiger partial charge on any atom is -0.483 e. The van der Waals surface area contributed by atoms with E-state index in [1.165, 1.54) is 12.1 Å². The van der Waals surface area contributed by atoms with Gasteiger partial charge in [-0.3, -0.25) is 19.7 Å². The molecule has 0 unspecified atom stereocenters. The lowest BCUT2D eigenvalue weighted by Gasteiger charge is -2.09. The molecule has 0 spiro atoms. The van der Waals surface area contributed by atoms with Gasteiger partial charge in [0, 0.05) is 21.4 Å². The second kappa shape index (κ2) is 7.68. The first-order valence-corrected chi connectivity index (χ1v) is 7.49. The van der Waals surface area contributed by atoms with Crippen LogP contribution in [0.25, 0.3) is 0 Å². The number of benzene rings is 2. The van der Waals surface area contributed by atoms with E-state index in [2.05, 4.69) is 27.9 Å². The zero-order valence-corrected chi connectivity index (χ0v) is 13.8. The summed E-state index contributed by atoms with van der Waals surface area (Å²) in [6, 6.07) is 10.8. The Hall–Kier alpha value is -2.49. The second-order valence-corrected chi connectivity index (χ2v) is 5.69. The Kier molecular flexibility index (Phi) is 5.63. The molecule has 118 valence electrons.